The SMILES string of the molecule is Cc1cc(C)c2c(c1)C(O)C(N1CCCCC1C)CO2. The van der Waals surface area contributed by atoms with Crippen LogP contribution in [0.3, 0.4) is 0 Å². The van der Waals surface area contributed by atoms with Gasteiger partial charge in [-0.25, -0.2) is 0 Å². The summed E-state index contributed by atoms with van der Waals surface area (Å²) in [6.45, 7) is 8.08. The monoisotopic (exact) mass is 275 g/mol. The number of piperidine rings is 1. The van der Waals surface area contributed by atoms with Crippen LogP contribution in [0.2, 0.25) is 0 Å². The largest absolute Gasteiger partial charge is 0.491 e. The van der Waals surface area contributed by atoms with Crippen LogP contribution in [0.25, 0.3) is 0 Å². The molecule has 3 unspecified atom stereocenters. The number of hydrogen-bond donors (Lipinski definition) is 1. The minimum atomic E-state index is -0.433. The van der Waals surface area contributed by atoms with E-state index in [9.17, 15) is 5.11 Å². The van der Waals surface area contributed by atoms with E-state index >= 15 is 0 Å². The van der Waals surface area contributed by atoms with E-state index in [0.29, 0.717) is 12.6 Å². The van der Waals surface area contributed by atoms with E-state index in [-0.39, 0.29) is 6.04 Å². The lowest BCUT2D eigenvalue weighted by Gasteiger charge is -2.44. The highest BCUT2D eigenvalue weighted by Gasteiger charge is 2.37. The predicted octanol–water partition coefficient (Wildman–Crippen LogP) is 2.97. The lowest BCUT2D eigenvalue weighted by atomic mass is 9.91. The molecule has 2 heterocycles. The number of likely N-dealkylation sites (tertiary alicyclic amines) is 1. The second-order valence-electron chi connectivity index (χ2n) is 6.41. The highest BCUT2D eigenvalue weighted by Crippen LogP contribution is 2.38. The Bertz CT molecular complexity index is 500. The summed E-state index contributed by atoms with van der Waals surface area (Å²) in [7, 11) is 0. The zero-order chi connectivity index (χ0) is 14.3. The fourth-order valence-corrected chi connectivity index (χ4v) is 3.76. The fourth-order valence-electron chi connectivity index (χ4n) is 3.76. The van der Waals surface area contributed by atoms with Gasteiger partial charge in [0.2, 0.25) is 0 Å². The molecule has 1 aromatic carbocycles. The minimum Gasteiger partial charge on any atom is -0.491 e. The maximum atomic E-state index is 10.8. The first-order valence-electron chi connectivity index (χ1n) is 7.75. The third-order valence-corrected chi connectivity index (χ3v) is 4.81. The Morgan fingerprint density at radius 3 is 2.80 bits per heavy atom. The van der Waals surface area contributed by atoms with Gasteiger partial charge >= 0.3 is 0 Å². The van der Waals surface area contributed by atoms with Gasteiger partial charge in [0.25, 0.3) is 0 Å². The van der Waals surface area contributed by atoms with Gasteiger partial charge in [-0.05, 0) is 51.8 Å². The number of rotatable bonds is 1. The molecule has 0 radical (unpaired) electrons. The third kappa shape index (κ3) is 2.33. The quantitative estimate of drug-likeness (QED) is 0.855. The van der Waals surface area contributed by atoms with Crippen molar-refractivity contribution in [3.8, 4) is 5.75 Å². The summed E-state index contributed by atoms with van der Waals surface area (Å²) in [4.78, 5) is 2.44. The molecule has 2 aliphatic heterocycles. The van der Waals surface area contributed by atoms with Gasteiger partial charge in [-0.1, -0.05) is 18.1 Å². The Morgan fingerprint density at radius 2 is 2.05 bits per heavy atom. The Labute approximate surface area is 121 Å². The number of aliphatic hydroxyl groups is 1. The van der Waals surface area contributed by atoms with Crippen LogP contribution in [0.1, 0.15) is 49.0 Å². The van der Waals surface area contributed by atoms with E-state index in [1.165, 1.54) is 24.8 Å². The van der Waals surface area contributed by atoms with Crippen molar-refractivity contribution in [1.82, 2.24) is 4.90 Å². The Morgan fingerprint density at radius 1 is 1.25 bits per heavy atom. The van der Waals surface area contributed by atoms with Crippen molar-refractivity contribution in [1.29, 1.82) is 0 Å². The van der Waals surface area contributed by atoms with Crippen molar-refractivity contribution in [2.24, 2.45) is 0 Å². The summed E-state index contributed by atoms with van der Waals surface area (Å²) >= 11 is 0. The van der Waals surface area contributed by atoms with Gasteiger partial charge in [0, 0.05) is 11.6 Å². The van der Waals surface area contributed by atoms with Crippen molar-refractivity contribution in [3.63, 3.8) is 0 Å². The molecule has 3 atom stereocenters. The maximum absolute atomic E-state index is 10.8. The van der Waals surface area contributed by atoms with Gasteiger partial charge in [-0.3, -0.25) is 4.90 Å². The van der Waals surface area contributed by atoms with E-state index in [1.807, 2.05) is 0 Å². The van der Waals surface area contributed by atoms with Crippen LogP contribution in [0, 0.1) is 13.8 Å². The topological polar surface area (TPSA) is 32.7 Å². The molecular weight excluding hydrogens is 250 g/mol. The smallest absolute Gasteiger partial charge is 0.128 e. The summed E-state index contributed by atoms with van der Waals surface area (Å²) in [6.07, 6.45) is 3.32. The van der Waals surface area contributed by atoms with E-state index in [2.05, 4.69) is 37.8 Å². The first kappa shape index (κ1) is 13.9. The minimum absolute atomic E-state index is 0.0963. The number of fused-ring (bicyclic) bond motifs is 1. The van der Waals surface area contributed by atoms with E-state index in [1.54, 1.807) is 0 Å². The Kier molecular flexibility index (Phi) is 3.74. The molecule has 0 amide bonds. The van der Waals surface area contributed by atoms with Gasteiger partial charge < -0.3 is 9.84 Å². The van der Waals surface area contributed by atoms with Crippen LogP contribution in [0.5, 0.6) is 5.75 Å². The van der Waals surface area contributed by atoms with Crippen LogP contribution in [0.4, 0.5) is 0 Å². The Balaban J connectivity index is 1.90. The summed E-state index contributed by atoms with van der Waals surface area (Å²) in [6, 6.07) is 4.84. The third-order valence-electron chi connectivity index (χ3n) is 4.81. The van der Waals surface area contributed by atoms with Crippen molar-refractivity contribution in [2.75, 3.05) is 13.2 Å². The summed E-state index contributed by atoms with van der Waals surface area (Å²) in [5, 5.41) is 10.8. The van der Waals surface area contributed by atoms with Crippen LogP contribution >= 0.6 is 0 Å². The van der Waals surface area contributed by atoms with Crippen LogP contribution in [0.15, 0.2) is 12.1 Å². The molecular formula is C17H25NO2. The molecule has 0 bridgehead atoms. The normalized spacial score (nSPS) is 30.7. The van der Waals surface area contributed by atoms with Gasteiger partial charge in [-0.15, -0.1) is 0 Å². The molecule has 0 saturated carbocycles. The number of ether oxygens (including phenoxy) is 1. The molecule has 1 fully saturated rings. The van der Waals surface area contributed by atoms with Gasteiger partial charge in [0.15, 0.2) is 0 Å². The highest BCUT2D eigenvalue weighted by atomic mass is 16.5. The first-order chi connectivity index (χ1) is 9.58. The number of aryl methyl sites for hydroxylation is 2. The summed E-state index contributed by atoms with van der Waals surface area (Å²) < 4.78 is 5.99. The molecule has 2 aliphatic rings. The zero-order valence-electron chi connectivity index (χ0n) is 12.7. The van der Waals surface area contributed by atoms with E-state index in [0.717, 1.165) is 23.4 Å². The van der Waals surface area contributed by atoms with E-state index in [4.69, 9.17) is 4.74 Å². The number of nitrogens with zero attached hydrogens (tertiary/aromatic N) is 1. The first-order valence-corrected chi connectivity index (χ1v) is 7.75. The van der Waals surface area contributed by atoms with Gasteiger partial charge in [0.1, 0.15) is 18.5 Å². The fraction of sp³-hybridized carbons (Fsp3) is 0.647. The zero-order valence-corrected chi connectivity index (χ0v) is 12.7. The van der Waals surface area contributed by atoms with Gasteiger partial charge in [0.05, 0.1) is 6.04 Å². The van der Waals surface area contributed by atoms with Crippen LogP contribution in [-0.4, -0.2) is 35.2 Å². The molecule has 1 N–H and O–H groups in total. The number of benzene rings is 1. The second kappa shape index (κ2) is 5.38. The molecule has 20 heavy (non-hydrogen) atoms. The Hall–Kier alpha value is -1.06. The molecule has 3 nitrogen and oxygen atoms in total. The molecule has 0 aromatic heterocycles. The van der Waals surface area contributed by atoms with Crippen molar-refractivity contribution in [2.45, 2.75) is 58.2 Å². The number of aliphatic hydroxyl groups excluding tert-OH is 1. The number of hydrogen-bond acceptors (Lipinski definition) is 3. The van der Waals surface area contributed by atoms with Crippen molar-refractivity contribution in [3.05, 3.63) is 28.8 Å². The molecule has 0 aliphatic carbocycles. The molecule has 1 saturated heterocycles. The summed E-state index contributed by atoms with van der Waals surface area (Å²) in [5.41, 5.74) is 3.29. The maximum Gasteiger partial charge on any atom is 0.128 e. The average Bonchev–Trinajstić information content (AvgIpc) is 2.41. The highest BCUT2D eigenvalue weighted by molar-refractivity contribution is 5.46. The molecule has 3 heteroatoms. The van der Waals surface area contributed by atoms with E-state index < -0.39 is 6.10 Å². The second-order valence-corrected chi connectivity index (χ2v) is 6.41. The molecule has 1 aromatic rings. The van der Waals surface area contributed by atoms with Crippen molar-refractivity contribution < 1.29 is 9.84 Å². The molecule has 3 rings (SSSR count). The standard InChI is InChI=1S/C17H25NO2/c1-11-8-12(2)17-14(9-11)16(19)15(10-20-17)18-7-5-4-6-13(18)3/h8-9,13,15-16,19H,4-7,10H2,1-3H3. The lowest BCUT2D eigenvalue weighted by molar-refractivity contribution is -0.0248. The average molecular weight is 275 g/mol. The summed E-state index contributed by atoms with van der Waals surface area (Å²) in [5.74, 6) is 0.893. The molecule has 0 spiro atoms. The van der Waals surface area contributed by atoms with Crippen LogP contribution in [-0.2, 0) is 0 Å². The van der Waals surface area contributed by atoms with Gasteiger partial charge in [-0.2, -0.15) is 0 Å². The lowest BCUT2D eigenvalue weighted by Crippen LogP contribution is -2.51. The van der Waals surface area contributed by atoms with Crippen molar-refractivity contribution >= 4 is 0 Å². The molecule has 110 valence electrons. The van der Waals surface area contributed by atoms with Crippen LogP contribution < -0.4 is 4.74 Å². The predicted molar refractivity (Wildman–Crippen MR) is 80.2 cm³/mol.